The fraction of sp³-hybridized carbons (Fsp3) is 0. The summed E-state index contributed by atoms with van der Waals surface area (Å²) in [6.45, 7) is 0. The highest BCUT2D eigenvalue weighted by Crippen LogP contribution is 2.47. The first kappa shape index (κ1) is 32.4. The standard InChI is InChI=1S/C54H33NO3/c1-3-13-34(14-4-1)39-29-30-45(53-46-19-9-12-22-50(46)58-54(39)53)40-26-23-36(31-47(40)35-15-5-2-6-16-35)55(37-24-27-43-41-17-7-10-20-48(41)56-51(43)32-37)38-25-28-44-42-18-8-11-21-49(42)57-52(44)33-38/h1-33H. The number of nitrogens with zero attached hydrogens (tertiary/aromatic N) is 1. The van der Waals surface area contributed by atoms with Crippen molar-refractivity contribution < 1.29 is 13.3 Å². The Labute approximate surface area is 333 Å². The van der Waals surface area contributed by atoms with Gasteiger partial charge in [-0.05, 0) is 88.5 Å². The largest absolute Gasteiger partial charge is 0.456 e. The van der Waals surface area contributed by atoms with Crippen LogP contribution in [-0.4, -0.2) is 0 Å². The summed E-state index contributed by atoms with van der Waals surface area (Å²) in [5.74, 6) is 0. The molecule has 0 unspecified atom stereocenters. The third-order valence-electron chi connectivity index (χ3n) is 11.5. The molecule has 4 heteroatoms. The van der Waals surface area contributed by atoms with E-state index in [1.54, 1.807) is 0 Å². The second kappa shape index (κ2) is 12.9. The highest BCUT2D eigenvalue weighted by atomic mass is 16.3. The molecule has 0 aliphatic heterocycles. The zero-order valence-electron chi connectivity index (χ0n) is 31.2. The van der Waals surface area contributed by atoms with Crippen LogP contribution in [-0.2, 0) is 0 Å². The van der Waals surface area contributed by atoms with Crippen LogP contribution < -0.4 is 4.90 Å². The van der Waals surface area contributed by atoms with E-state index in [0.29, 0.717) is 0 Å². The Kier molecular flexibility index (Phi) is 7.20. The number of rotatable bonds is 6. The number of benzene rings is 9. The molecular weight excluding hydrogens is 711 g/mol. The van der Waals surface area contributed by atoms with Crippen molar-refractivity contribution in [3.63, 3.8) is 0 Å². The van der Waals surface area contributed by atoms with E-state index in [1.807, 2.05) is 36.4 Å². The van der Waals surface area contributed by atoms with Gasteiger partial charge in [-0.25, -0.2) is 0 Å². The Morgan fingerprint density at radius 3 is 1.31 bits per heavy atom. The molecule has 0 aliphatic carbocycles. The van der Waals surface area contributed by atoms with E-state index < -0.39 is 0 Å². The average molecular weight is 744 g/mol. The zero-order valence-corrected chi connectivity index (χ0v) is 31.2. The molecule has 272 valence electrons. The summed E-state index contributed by atoms with van der Waals surface area (Å²) in [6, 6.07) is 70.2. The predicted octanol–water partition coefficient (Wildman–Crippen LogP) is 15.9. The highest BCUT2D eigenvalue weighted by Gasteiger charge is 2.23. The number of hydrogen-bond acceptors (Lipinski definition) is 4. The minimum atomic E-state index is 0.834. The van der Waals surface area contributed by atoms with E-state index in [0.717, 1.165) is 116 Å². The smallest absolute Gasteiger partial charge is 0.143 e. The summed E-state index contributed by atoms with van der Waals surface area (Å²) in [6.07, 6.45) is 0. The Morgan fingerprint density at radius 2 is 0.707 bits per heavy atom. The van der Waals surface area contributed by atoms with Gasteiger partial charge in [-0.15, -0.1) is 0 Å². The van der Waals surface area contributed by atoms with Crippen LogP contribution in [0.15, 0.2) is 213 Å². The third kappa shape index (κ3) is 5.09. The normalized spacial score (nSPS) is 11.8. The van der Waals surface area contributed by atoms with Crippen LogP contribution in [0, 0.1) is 0 Å². The second-order valence-corrected chi connectivity index (χ2v) is 14.8. The van der Waals surface area contributed by atoms with Gasteiger partial charge < -0.3 is 18.2 Å². The Hall–Kier alpha value is -7.82. The van der Waals surface area contributed by atoms with Gasteiger partial charge in [0.05, 0.1) is 0 Å². The van der Waals surface area contributed by atoms with E-state index >= 15 is 0 Å². The molecule has 0 atom stereocenters. The molecule has 12 rings (SSSR count). The van der Waals surface area contributed by atoms with Crippen LogP contribution in [0.2, 0.25) is 0 Å². The first-order valence-corrected chi connectivity index (χ1v) is 19.6. The Morgan fingerprint density at radius 1 is 0.276 bits per heavy atom. The average Bonchev–Trinajstić information content (AvgIpc) is 3.98. The maximum atomic E-state index is 6.71. The summed E-state index contributed by atoms with van der Waals surface area (Å²) in [5.41, 5.74) is 14.8. The van der Waals surface area contributed by atoms with Crippen molar-refractivity contribution in [2.75, 3.05) is 4.90 Å². The van der Waals surface area contributed by atoms with Crippen molar-refractivity contribution in [2.24, 2.45) is 0 Å². The van der Waals surface area contributed by atoms with Gasteiger partial charge in [0, 0.05) is 67.1 Å². The molecule has 4 nitrogen and oxygen atoms in total. The fourth-order valence-electron chi connectivity index (χ4n) is 8.81. The monoisotopic (exact) mass is 743 g/mol. The molecule has 0 bridgehead atoms. The number of anilines is 3. The van der Waals surface area contributed by atoms with Gasteiger partial charge in [-0.3, -0.25) is 0 Å². The number of para-hydroxylation sites is 3. The van der Waals surface area contributed by atoms with Gasteiger partial charge >= 0.3 is 0 Å². The van der Waals surface area contributed by atoms with Crippen LogP contribution in [0.3, 0.4) is 0 Å². The molecule has 3 heterocycles. The Bertz CT molecular complexity index is 3400. The summed E-state index contributed by atoms with van der Waals surface area (Å²) in [4.78, 5) is 2.30. The predicted molar refractivity (Wildman–Crippen MR) is 239 cm³/mol. The van der Waals surface area contributed by atoms with Crippen molar-refractivity contribution in [3.8, 4) is 33.4 Å². The van der Waals surface area contributed by atoms with Crippen molar-refractivity contribution in [1.29, 1.82) is 0 Å². The lowest BCUT2D eigenvalue weighted by Crippen LogP contribution is -2.10. The summed E-state index contributed by atoms with van der Waals surface area (Å²) < 4.78 is 19.6. The molecule has 0 aliphatic rings. The summed E-state index contributed by atoms with van der Waals surface area (Å²) in [7, 11) is 0. The first-order valence-electron chi connectivity index (χ1n) is 19.6. The zero-order chi connectivity index (χ0) is 38.2. The van der Waals surface area contributed by atoms with Crippen LogP contribution in [0.4, 0.5) is 17.1 Å². The van der Waals surface area contributed by atoms with E-state index in [2.05, 4.69) is 169 Å². The topological polar surface area (TPSA) is 42.7 Å². The molecule has 0 saturated heterocycles. The van der Waals surface area contributed by atoms with E-state index in [-0.39, 0.29) is 0 Å². The van der Waals surface area contributed by atoms with Crippen molar-refractivity contribution in [2.45, 2.75) is 0 Å². The lowest BCUT2D eigenvalue weighted by molar-refractivity contribution is 0.669. The number of hydrogen-bond donors (Lipinski definition) is 0. The highest BCUT2D eigenvalue weighted by molar-refractivity contribution is 6.17. The SMILES string of the molecule is c1ccc(-c2cc(N(c3ccc4c(c3)oc3ccccc34)c3ccc4c(c3)oc3ccccc34)ccc2-c2ccc(-c3ccccc3)c3oc4ccccc4c23)cc1. The molecule has 0 N–H and O–H groups in total. The van der Waals surface area contributed by atoms with Crippen LogP contribution in [0.1, 0.15) is 0 Å². The van der Waals surface area contributed by atoms with Gasteiger partial charge in [0.1, 0.15) is 33.5 Å². The van der Waals surface area contributed by atoms with E-state index in [9.17, 15) is 0 Å². The summed E-state index contributed by atoms with van der Waals surface area (Å²) in [5, 5.41) is 6.57. The quantitative estimate of drug-likeness (QED) is 0.170. The molecule has 0 fully saturated rings. The van der Waals surface area contributed by atoms with Crippen molar-refractivity contribution >= 4 is 82.9 Å². The van der Waals surface area contributed by atoms with Crippen LogP contribution in [0.5, 0.6) is 0 Å². The number of furan rings is 3. The second-order valence-electron chi connectivity index (χ2n) is 14.8. The van der Waals surface area contributed by atoms with Gasteiger partial charge in [0.15, 0.2) is 0 Å². The fourth-order valence-corrected chi connectivity index (χ4v) is 8.81. The molecular formula is C54H33NO3. The van der Waals surface area contributed by atoms with E-state index in [1.165, 1.54) is 0 Å². The van der Waals surface area contributed by atoms with Crippen LogP contribution >= 0.6 is 0 Å². The minimum absolute atomic E-state index is 0.834. The molecule has 0 radical (unpaired) electrons. The molecule has 3 aromatic heterocycles. The lowest BCUT2D eigenvalue weighted by atomic mass is 9.89. The van der Waals surface area contributed by atoms with Crippen LogP contribution in [0.25, 0.3) is 99.2 Å². The van der Waals surface area contributed by atoms with Gasteiger partial charge in [0.25, 0.3) is 0 Å². The lowest BCUT2D eigenvalue weighted by Gasteiger charge is -2.27. The molecule has 58 heavy (non-hydrogen) atoms. The van der Waals surface area contributed by atoms with Crippen molar-refractivity contribution in [3.05, 3.63) is 200 Å². The molecule has 0 spiro atoms. The minimum Gasteiger partial charge on any atom is -0.456 e. The first-order chi connectivity index (χ1) is 28.7. The summed E-state index contributed by atoms with van der Waals surface area (Å²) >= 11 is 0. The molecule has 9 aromatic carbocycles. The maximum Gasteiger partial charge on any atom is 0.143 e. The van der Waals surface area contributed by atoms with Crippen molar-refractivity contribution in [1.82, 2.24) is 0 Å². The van der Waals surface area contributed by atoms with Gasteiger partial charge in [-0.1, -0.05) is 127 Å². The third-order valence-corrected chi connectivity index (χ3v) is 11.5. The van der Waals surface area contributed by atoms with E-state index in [4.69, 9.17) is 13.3 Å². The molecule has 12 aromatic rings. The molecule has 0 saturated carbocycles. The Balaban J connectivity index is 1.11. The number of fused-ring (bicyclic) bond motifs is 9. The maximum absolute atomic E-state index is 6.71. The van der Waals surface area contributed by atoms with Gasteiger partial charge in [0.2, 0.25) is 0 Å². The molecule has 0 amide bonds. The van der Waals surface area contributed by atoms with Gasteiger partial charge in [-0.2, -0.15) is 0 Å².